The van der Waals surface area contributed by atoms with Gasteiger partial charge in [0.1, 0.15) is 0 Å². The summed E-state index contributed by atoms with van der Waals surface area (Å²) >= 11 is 1.46. The van der Waals surface area contributed by atoms with Crippen LogP contribution in [0.5, 0.6) is 0 Å². The Labute approximate surface area is 173 Å². The zero-order valence-electron chi connectivity index (χ0n) is 16.8. The smallest absolute Gasteiger partial charge is 0.237 e. The van der Waals surface area contributed by atoms with E-state index >= 15 is 0 Å². The van der Waals surface area contributed by atoms with Crippen molar-refractivity contribution in [1.82, 2.24) is 14.6 Å². The highest BCUT2D eigenvalue weighted by molar-refractivity contribution is 7.99. The van der Waals surface area contributed by atoms with Gasteiger partial charge in [0.05, 0.1) is 11.3 Å². The van der Waals surface area contributed by atoms with Gasteiger partial charge in [-0.1, -0.05) is 30.0 Å². The number of carbonyl (C=O) groups excluding carboxylic acids is 1. The van der Waals surface area contributed by atoms with Crippen LogP contribution >= 0.6 is 11.8 Å². The van der Waals surface area contributed by atoms with E-state index in [1.165, 1.54) is 33.8 Å². The number of aromatic nitrogens is 3. The zero-order valence-corrected chi connectivity index (χ0v) is 17.6. The Bertz CT molecular complexity index is 1280. The number of nitrogens with zero attached hydrogens (tertiary/aromatic N) is 4. The molecule has 0 saturated carbocycles. The molecule has 2 aromatic heterocycles. The van der Waals surface area contributed by atoms with E-state index in [0.717, 1.165) is 40.5 Å². The number of para-hydroxylation sites is 1. The molecule has 0 saturated heterocycles. The van der Waals surface area contributed by atoms with E-state index < -0.39 is 0 Å². The Morgan fingerprint density at radius 1 is 1.03 bits per heavy atom. The van der Waals surface area contributed by atoms with Crippen molar-refractivity contribution >= 4 is 39.9 Å². The number of amides is 1. The Morgan fingerprint density at radius 3 is 2.66 bits per heavy atom. The van der Waals surface area contributed by atoms with Crippen LogP contribution in [0.3, 0.4) is 0 Å². The molecule has 0 fully saturated rings. The largest absolute Gasteiger partial charge is 0.311 e. The van der Waals surface area contributed by atoms with Crippen LogP contribution in [0.1, 0.15) is 22.3 Å². The normalized spacial score (nSPS) is 13.4. The summed E-state index contributed by atoms with van der Waals surface area (Å²) in [5.41, 5.74) is 7.79. The number of aryl methyl sites for hydroxylation is 3. The van der Waals surface area contributed by atoms with E-state index in [-0.39, 0.29) is 5.91 Å². The van der Waals surface area contributed by atoms with Crippen molar-refractivity contribution in [1.29, 1.82) is 0 Å². The van der Waals surface area contributed by atoms with Crippen LogP contribution < -0.4 is 4.90 Å². The number of anilines is 1. The highest BCUT2D eigenvalue weighted by atomic mass is 32.2. The van der Waals surface area contributed by atoms with Crippen LogP contribution in [0.2, 0.25) is 0 Å². The molecule has 0 atom stereocenters. The van der Waals surface area contributed by atoms with E-state index in [9.17, 15) is 4.79 Å². The number of fused-ring (bicyclic) bond motifs is 4. The highest BCUT2D eigenvalue weighted by Gasteiger charge is 2.24. The molecular formula is C23H22N4OS. The first-order valence-corrected chi connectivity index (χ1v) is 10.8. The van der Waals surface area contributed by atoms with Crippen molar-refractivity contribution < 1.29 is 4.79 Å². The standard InChI is InChI=1S/C23H22N4OS/c1-14-10-18-11-16(3)22-24-25-23(27(22)20(18)12-15(14)2)29-13-21(28)26-9-8-17-6-4-5-7-19(17)26/h4-7,10-12H,8-9,13H2,1-3H3. The van der Waals surface area contributed by atoms with Gasteiger partial charge in [-0.15, -0.1) is 10.2 Å². The van der Waals surface area contributed by atoms with E-state index in [0.29, 0.717) is 5.75 Å². The summed E-state index contributed by atoms with van der Waals surface area (Å²) in [6.07, 6.45) is 0.920. The van der Waals surface area contributed by atoms with Crippen molar-refractivity contribution in [3.05, 3.63) is 64.7 Å². The van der Waals surface area contributed by atoms with Gasteiger partial charge in [0.15, 0.2) is 10.8 Å². The molecule has 29 heavy (non-hydrogen) atoms. The van der Waals surface area contributed by atoms with Crippen LogP contribution in [0.4, 0.5) is 5.69 Å². The number of hydrogen-bond donors (Lipinski definition) is 0. The third-order valence-electron chi connectivity index (χ3n) is 5.75. The Morgan fingerprint density at radius 2 is 1.79 bits per heavy atom. The second-order valence-corrected chi connectivity index (χ2v) is 8.62. The summed E-state index contributed by atoms with van der Waals surface area (Å²) in [4.78, 5) is 14.8. The molecule has 0 spiro atoms. The quantitative estimate of drug-likeness (QED) is 0.474. The van der Waals surface area contributed by atoms with Crippen LogP contribution in [-0.4, -0.2) is 32.8 Å². The molecule has 3 heterocycles. The van der Waals surface area contributed by atoms with Crippen molar-refractivity contribution in [3.8, 4) is 0 Å². The van der Waals surface area contributed by atoms with Gasteiger partial charge in [0.2, 0.25) is 5.91 Å². The van der Waals surface area contributed by atoms with E-state index in [1.807, 2.05) is 23.1 Å². The molecule has 5 nitrogen and oxygen atoms in total. The number of benzene rings is 2. The Balaban J connectivity index is 1.48. The van der Waals surface area contributed by atoms with E-state index in [1.54, 1.807) is 0 Å². The van der Waals surface area contributed by atoms with Crippen LogP contribution in [0, 0.1) is 20.8 Å². The molecule has 5 rings (SSSR count). The summed E-state index contributed by atoms with van der Waals surface area (Å²) in [5, 5.41) is 10.7. The fraction of sp³-hybridized carbons (Fsp3) is 0.261. The number of carbonyl (C=O) groups is 1. The van der Waals surface area contributed by atoms with Crippen molar-refractivity contribution in [2.24, 2.45) is 0 Å². The van der Waals surface area contributed by atoms with Crippen LogP contribution in [0.25, 0.3) is 16.6 Å². The minimum Gasteiger partial charge on any atom is -0.311 e. The second kappa shape index (κ2) is 6.88. The second-order valence-electron chi connectivity index (χ2n) is 7.68. The molecule has 1 aliphatic rings. The van der Waals surface area contributed by atoms with Gasteiger partial charge in [-0.25, -0.2) is 0 Å². The van der Waals surface area contributed by atoms with E-state index in [2.05, 4.69) is 59.6 Å². The lowest BCUT2D eigenvalue weighted by atomic mass is 10.0. The maximum Gasteiger partial charge on any atom is 0.237 e. The predicted molar refractivity (Wildman–Crippen MR) is 118 cm³/mol. The average Bonchev–Trinajstić information content (AvgIpc) is 3.33. The van der Waals surface area contributed by atoms with Gasteiger partial charge in [-0.2, -0.15) is 0 Å². The minimum atomic E-state index is 0.112. The predicted octanol–water partition coefficient (Wildman–Crippen LogP) is 4.49. The molecule has 1 amide bonds. The van der Waals surface area contributed by atoms with Gasteiger partial charge in [0, 0.05) is 12.2 Å². The summed E-state index contributed by atoms with van der Waals surface area (Å²) < 4.78 is 2.09. The third-order valence-corrected chi connectivity index (χ3v) is 6.67. The van der Waals surface area contributed by atoms with Gasteiger partial charge >= 0.3 is 0 Å². The molecule has 1 aliphatic heterocycles. The zero-order chi connectivity index (χ0) is 20.1. The lowest BCUT2D eigenvalue weighted by Crippen LogP contribution is -2.30. The fourth-order valence-electron chi connectivity index (χ4n) is 4.07. The molecule has 0 bridgehead atoms. The third kappa shape index (κ3) is 2.99. The van der Waals surface area contributed by atoms with Crippen molar-refractivity contribution in [3.63, 3.8) is 0 Å². The molecule has 0 N–H and O–H groups in total. The molecule has 0 unspecified atom stereocenters. The fourth-order valence-corrected chi connectivity index (χ4v) is 4.89. The average molecular weight is 403 g/mol. The highest BCUT2D eigenvalue weighted by Crippen LogP contribution is 2.30. The summed E-state index contributed by atoms with van der Waals surface area (Å²) in [7, 11) is 0. The number of thioether (sulfide) groups is 1. The number of hydrogen-bond acceptors (Lipinski definition) is 4. The first kappa shape index (κ1) is 18.2. The lowest BCUT2D eigenvalue weighted by molar-refractivity contribution is -0.116. The molecule has 2 aromatic carbocycles. The summed E-state index contributed by atoms with van der Waals surface area (Å²) in [5.74, 6) is 0.454. The summed E-state index contributed by atoms with van der Waals surface area (Å²) in [6.45, 7) is 7.05. The molecule has 146 valence electrons. The molecule has 4 aromatic rings. The molecule has 6 heteroatoms. The minimum absolute atomic E-state index is 0.112. The monoisotopic (exact) mass is 402 g/mol. The summed E-state index contributed by atoms with van der Waals surface area (Å²) in [6, 6.07) is 14.7. The van der Waals surface area contributed by atoms with Gasteiger partial charge in [0.25, 0.3) is 0 Å². The van der Waals surface area contributed by atoms with Crippen LogP contribution in [-0.2, 0) is 11.2 Å². The van der Waals surface area contributed by atoms with Crippen molar-refractivity contribution in [2.45, 2.75) is 32.3 Å². The van der Waals surface area contributed by atoms with E-state index in [4.69, 9.17) is 0 Å². The molecule has 0 aliphatic carbocycles. The first-order valence-electron chi connectivity index (χ1n) is 9.79. The van der Waals surface area contributed by atoms with Gasteiger partial charge in [-0.05, 0) is 79.1 Å². The number of rotatable bonds is 3. The maximum absolute atomic E-state index is 12.9. The first-order chi connectivity index (χ1) is 14.0. The molecular weight excluding hydrogens is 380 g/mol. The Kier molecular flexibility index (Phi) is 4.32. The lowest BCUT2D eigenvalue weighted by Gasteiger charge is -2.16. The molecule has 0 radical (unpaired) electrons. The SMILES string of the molecule is Cc1cc2cc(C)c3nnc(SCC(=O)N4CCc5ccccc54)n3c2cc1C. The van der Waals surface area contributed by atoms with Crippen molar-refractivity contribution in [2.75, 3.05) is 17.2 Å². The van der Waals surface area contributed by atoms with Gasteiger partial charge in [-0.3, -0.25) is 9.20 Å². The topological polar surface area (TPSA) is 50.5 Å². The van der Waals surface area contributed by atoms with Crippen LogP contribution in [0.15, 0.2) is 47.6 Å². The Hall–Kier alpha value is -2.86. The number of pyridine rings is 1. The van der Waals surface area contributed by atoms with Gasteiger partial charge < -0.3 is 4.90 Å². The maximum atomic E-state index is 12.9.